The van der Waals surface area contributed by atoms with E-state index in [0.717, 1.165) is 0 Å². The zero-order valence-electron chi connectivity index (χ0n) is 10.6. The number of nitrogens with zero attached hydrogens (tertiary/aromatic N) is 2. The third-order valence-corrected chi connectivity index (χ3v) is 2.47. The quantitative estimate of drug-likeness (QED) is 0.705. The van der Waals surface area contributed by atoms with Crippen LogP contribution in [0.15, 0.2) is 0 Å². The second-order valence-corrected chi connectivity index (χ2v) is 3.83. The number of ether oxygens (including phenoxy) is 1. The zero-order chi connectivity index (χ0) is 13.7. The van der Waals surface area contributed by atoms with Gasteiger partial charge in [0.15, 0.2) is 5.69 Å². The Morgan fingerprint density at radius 2 is 2.11 bits per heavy atom. The van der Waals surface area contributed by atoms with Gasteiger partial charge in [-0.15, -0.1) is 0 Å². The molecule has 0 aliphatic carbocycles. The summed E-state index contributed by atoms with van der Waals surface area (Å²) in [5, 5.41) is 0. The smallest absolute Gasteiger partial charge is 0.360 e. The highest BCUT2D eigenvalue weighted by atomic mass is 16.5. The Balaban J connectivity index is 2.80. The minimum absolute atomic E-state index is 0.119. The van der Waals surface area contributed by atoms with Crippen molar-refractivity contribution in [3.63, 3.8) is 0 Å². The van der Waals surface area contributed by atoms with Crippen LogP contribution in [0.3, 0.4) is 0 Å². The number of nitrogens with two attached hydrogens (primary N) is 2. The Labute approximate surface area is 105 Å². The van der Waals surface area contributed by atoms with Crippen molar-refractivity contribution in [1.82, 2.24) is 9.55 Å². The first-order valence-corrected chi connectivity index (χ1v) is 5.75. The van der Waals surface area contributed by atoms with Gasteiger partial charge in [-0.3, -0.25) is 4.79 Å². The lowest BCUT2D eigenvalue weighted by atomic mass is 10.3. The topological polar surface area (TPSA) is 113 Å². The van der Waals surface area contributed by atoms with Crippen LogP contribution in [0, 0.1) is 6.92 Å². The number of hydrogen-bond donors (Lipinski definition) is 2. The van der Waals surface area contributed by atoms with Crippen LogP contribution in [0.1, 0.15) is 36.1 Å². The molecule has 1 heterocycles. The van der Waals surface area contributed by atoms with E-state index in [0.29, 0.717) is 18.8 Å². The minimum Gasteiger partial charge on any atom is -0.461 e. The number of rotatable bonds is 6. The molecule has 0 spiro atoms. The van der Waals surface area contributed by atoms with Crippen LogP contribution < -0.4 is 11.5 Å². The highest BCUT2D eigenvalue weighted by molar-refractivity contribution is 5.92. The monoisotopic (exact) mass is 254 g/mol. The molecule has 7 heteroatoms. The third-order valence-electron chi connectivity index (χ3n) is 2.47. The number of carbonyl (C=O) groups is 2. The zero-order valence-corrected chi connectivity index (χ0v) is 10.6. The van der Waals surface area contributed by atoms with Crippen molar-refractivity contribution in [2.45, 2.75) is 33.2 Å². The second-order valence-electron chi connectivity index (χ2n) is 3.83. The molecule has 0 atom stereocenters. The highest BCUT2D eigenvalue weighted by Gasteiger charge is 2.19. The van der Waals surface area contributed by atoms with Crippen molar-refractivity contribution < 1.29 is 14.3 Å². The summed E-state index contributed by atoms with van der Waals surface area (Å²) in [4.78, 5) is 26.3. The molecular weight excluding hydrogens is 236 g/mol. The predicted molar refractivity (Wildman–Crippen MR) is 65.8 cm³/mol. The summed E-state index contributed by atoms with van der Waals surface area (Å²) in [6.07, 6.45) is 0.824. The summed E-state index contributed by atoms with van der Waals surface area (Å²) in [6, 6.07) is 0. The maximum atomic E-state index is 11.6. The molecular formula is C11H18N4O3. The van der Waals surface area contributed by atoms with Gasteiger partial charge in [-0.25, -0.2) is 9.78 Å². The standard InChI is InChI=1S/C11H18N4O3/c1-3-18-11(17)9-10(13)15(7(2)14-9)6-4-5-8(12)16/h3-6,13H2,1-2H3,(H2,12,16). The van der Waals surface area contributed by atoms with Gasteiger partial charge in [0.05, 0.1) is 6.61 Å². The summed E-state index contributed by atoms with van der Waals surface area (Å²) in [6.45, 7) is 4.22. The molecule has 0 unspecified atom stereocenters. The maximum Gasteiger partial charge on any atom is 0.360 e. The van der Waals surface area contributed by atoms with Crippen LogP contribution in [0.2, 0.25) is 0 Å². The molecule has 1 aromatic heterocycles. The van der Waals surface area contributed by atoms with Gasteiger partial charge in [0.1, 0.15) is 11.6 Å². The molecule has 1 aromatic rings. The minimum atomic E-state index is -0.535. The van der Waals surface area contributed by atoms with Crippen molar-refractivity contribution >= 4 is 17.7 Å². The average Bonchev–Trinajstić information content (AvgIpc) is 2.56. The van der Waals surface area contributed by atoms with Gasteiger partial charge in [-0.1, -0.05) is 0 Å². The van der Waals surface area contributed by atoms with E-state index in [1.807, 2.05) is 0 Å². The number of nitrogen functional groups attached to an aromatic ring is 1. The van der Waals surface area contributed by atoms with Crippen LogP contribution in [0.4, 0.5) is 5.82 Å². The number of amides is 1. The van der Waals surface area contributed by atoms with E-state index in [-0.39, 0.29) is 30.4 Å². The number of carbonyl (C=O) groups excluding carboxylic acids is 2. The van der Waals surface area contributed by atoms with Gasteiger partial charge >= 0.3 is 5.97 Å². The molecule has 0 aliphatic heterocycles. The molecule has 1 amide bonds. The van der Waals surface area contributed by atoms with Crippen LogP contribution in [-0.2, 0) is 16.1 Å². The van der Waals surface area contributed by atoms with Crippen LogP contribution >= 0.6 is 0 Å². The average molecular weight is 254 g/mol. The molecule has 0 radical (unpaired) electrons. The molecule has 100 valence electrons. The van der Waals surface area contributed by atoms with E-state index in [1.165, 1.54) is 0 Å². The Bertz CT molecular complexity index is 453. The van der Waals surface area contributed by atoms with Gasteiger partial charge in [0.25, 0.3) is 0 Å². The SMILES string of the molecule is CCOC(=O)c1nc(C)n(CCCC(N)=O)c1N. The molecule has 0 saturated heterocycles. The van der Waals surface area contributed by atoms with Gasteiger partial charge in [-0.2, -0.15) is 0 Å². The van der Waals surface area contributed by atoms with Gasteiger partial charge < -0.3 is 20.8 Å². The van der Waals surface area contributed by atoms with E-state index >= 15 is 0 Å². The Kier molecular flexibility index (Phi) is 4.70. The summed E-state index contributed by atoms with van der Waals surface area (Å²) < 4.78 is 6.53. The number of hydrogen-bond acceptors (Lipinski definition) is 5. The molecule has 0 aliphatic rings. The molecule has 0 saturated carbocycles. The molecule has 0 aromatic carbocycles. The molecule has 0 fully saturated rings. The first-order chi connectivity index (χ1) is 8.47. The number of anilines is 1. The lowest BCUT2D eigenvalue weighted by molar-refractivity contribution is -0.118. The van der Waals surface area contributed by atoms with E-state index in [9.17, 15) is 9.59 Å². The molecule has 7 nitrogen and oxygen atoms in total. The Morgan fingerprint density at radius 3 is 2.67 bits per heavy atom. The molecule has 0 bridgehead atoms. The second kappa shape index (κ2) is 6.04. The molecule has 18 heavy (non-hydrogen) atoms. The van der Waals surface area contributed by atoms with Gasteiger partial charge in [0, 0.05) is 13.0 Å². The summed E-state index contributed by atoms with van der Waals surface area (Å²) >= 11 is 0. The molecule has 4 N–H and O–H groups in total. The number of primary amides is 1. The normalized spacial score (nSPS) is 10.3. The van der Waals surface area contributed by atoms with Crippen molar-refractivity contribution in [2.75, 3.05) is 12.3 Å². The number of aromatic nitrogens is 2. The molecule has 1 rings (SSSR count). The predicted octanol–water partition coefficient (Wildman–Crippen LogP) is 0.216. The van der Waals surface area contributed by atoms with Crippen molar-refractivity contribution in [1.29, 1.82) is 0 Å². The number of imidazole rings is 1. The lowest BCUT2D eigenvalue weighted by Crippen LogP contribution is -2.13. The van der Waals surface area contributed by atoms with E-state index in [2.05, 4.69) is 4.98 Å². The van der Waals surface area contributed by atoms with Gasteiger partial charge in [0.2, 0.25) is 5.91 Å². The van der Waals surface area contributed by atoms with Crippen molar-refractivity contribution in [2.24, 2.45) is 5.73 Å². The fraction of sp³-hybridized carbons (Fsp3) is 0.545. The number of aryl methyl sites for hydroxylation is 1. The van der Waals surface area contributed by atoms with E-state index in [4.69, 9.17) is 16.2 Å². The van der Waals surface area contributed by atoms with Crippen molar-refractivity contribution in [3.05, 3.63) is 11.5 Å². The Morgan fingerprint density at radius 1 is 1.44 bits per heavy atom. The lowest BCUT2D eigenvalue weighted by Gasteiger charge is -2.06. The highest BCUT2D eigenvalue weighted by Crippen LogP contribution is 2.16. The van der Waals surface area contributed by atoms with Crippen LogP contribution in [-0.4, -0.2) is 28.0 Å². The summed E-state index contributed by atoms with van der Waals surface area (Å²) in [7, 11) is 0. The Hall–Kier alpha value is -2.05. The van der Waals surface area contributed by atoms with Gasteiger partial charge in [-0.05, 0) is 20.3 Å². The number of esters is 1. The fourth-order valence-electron chi connectivity index (χ4n) is 1.62. The largest absolute Gasteiger partial charge is 0.461 e. The summed E-state index contributed by atoms with van der Waals surface area (Å²) in [5.74, 6) is -0.0286. The third kappa shape index (κ3) is 3.22. The summed E-state index contributed by atoms with van der Waals surface area (Å²) in [5.41, 5.74) is 11.0. The first-order valence-electron chi connectivity index (χ1n) is 5.75. The maximum absolute atomic E-state index is 11.6. The fourth-order valence-corrected chi connectivity index (χ4v) is 1.62. The van der Waals surface area contributed by atoms with E-state index in [1.54, 1.807) is 18.4 Å². The van der Waals surface area contributed by atoms with Crippen LogP contribution in [0.25, 0.3) is 0 Å². The first kappa shape index (κ1) is 14.0. The van der Waals surface area contributed by atoms with Crippen LogP contribution in [0.5, 0.6) is 0 Å². The van der Waals surface area contributed by atoms with Crippen molar-refractivity contribution in [3.8, 4) is 0 Å². The van der Waals surface area contributed by atoms with E-state index < -0.39 is 5.97 Å².